The molecule has 1 aromatic heterocycles. The lowest BCUT2D eigenvalue weighted by molar-refractivity contribution is 0.0183. The number of H-pyrrole nitrogens is 1. The average molecular weight is 412 g/mol. The van der Waals surface area contributed by atoms with E-state index in [0.717, 1.165) is 57.7 Å². The van der Waals surface area contributed by atoms with Gasteiger partial charge in [0.25, 0.3) is 5.56 Å². The summed E-state index contributed by atoms with van der Waals surface area (Å²) in [6, 6.07) is 7.02. The molecular formula is C21H29N7O2. The van der Waals surface area contributed by atoms with Gasteiger partial charge in [0.15, 0.2) is 0 Å². The van der Waals surface area contributed by atoms with Gasteiger partial charge < -0.3 is 25.8 Å². The minimum Gasteiger partial charge on any atom is -0.365 e. The number of urea groups is 1. The lowest BCUT2D eigenvalue weighted by Crippen LogP contribution is -2.57. The number of carbonyl (C=O) groups is 1. The smallest absolute Gasteiger partial charge is 0.326 e. The van der Waals surface area contributed by atoms with Crippen molar-refractivity contribution in [1.82, 2.24) is 14.9 Å². The SMILES string of the molecule is Cc1ccccc1NC(=O)Nc1nc(=O)c(N2CCC3(CN(CCCN)C3)C2)c[nH]1. The summed E-state index contributed by atoms with van der Waals surface area (Å²) in [6.45, 7) is 7.51. The van der Waals surface area contributed by atoms with E-state index in [9.17, 15) is 9.59 Å². The number of benzene rings is 1. The number of nitrogens with one attached hydrogen (secondary N) is 3. The minimum absolute atomic E-state index is 0.125. The lowest BCUT2D eigenvalue weighted by Gasteiger charge is -2.48. The molecule has 2 saturated heterocycles. The van der Waals surface area contributed by atoms with Gasteiger partial charge >= 0.3 is 6.03 Å². The topological polar surface area (TPSA) is 119 Å². The molecule has 9 heteroatoms. The van der Waals surface area contributed by atoms with Gasteiger partial charge in [-0.1, -0.05) is 18.2 Å². The second kappa shape index (κ2) is 8.45. The highest BCUT2D eigenvalue weighted by molar-refractivity contribution is 5.99. The van der Waals surface area contributed by atoms with Gasteiger partial charge in [-0.2, -0.15) is 4.98 Å². The van der Waals surface area contributed by atoms with Crippen LogP contribution < -0.4 is 26.8 Å². The number of nitrogens with two attached hydrogens (primary N) is 1. The summed E-state index contributed by atoms with van der Waals surface area (Å²) >= 11 is 0. The number of para-hydroxylation sites is 1. The Balaban J connectivity index is 1.34. The number of likely N-dealkylation sites (tertiary alicyclic amines) is 1. The van der Waals surface area contributed by atoms with E-state index in [1.165, 1.54) is 0 Å². The molecule has 0 radical (unpaired) electrons. The van der Waals surface area contributed by atoms with E-state index in [1.54, 1.807) is 6.20 Å². The van der Waals surface area contributed by atoms with Gasteiger partial charge in [0.05, 0.1) is 0 Å². The molecule has 2 aliphatic rings. The molecule has 5 N–H and O–H groups in total. The van der Waals surface area contributed by atoms with Gasteiger partial charge in [0.2, 0.25) is 5.95 Å². The summed E-state index contributed by atoms with van der Waals surface area (Å²) in [7, 11) is 0. The van der Waals surface area contributed by atoms with Gasteiger partial charge in [-0.15, -0.1) is 0 Å². The van der Waals surface area contributed by atoms with Crippen molar-refractivity contribution in [3.63, 3.8) is 0 Å². The molecule has 0 saturated carbocycles. The molecule has 9 nitrogen and oxygen atoms in total. The third kappa shape index (κ3) is 4.31. The number of hydrogen-bond acceptors (Lipinski definition) is 6. The zero-order valence-corrected chi connectivity index (χ0v) is 17.3. The van der Waals surface area contributed by atoms with Crippen LogP contribution in [0, 0.1) is 12.3 Å². The van der Waals surface area contributed by atoms with Crippen LogP contribution in [0.3, 0.4) is 0 Å². The number of hydrogen-bond donors (Lipinski definition) is 4. The summed E-state index contributed by atoms with van der Waals surface area (Å²) in [4.78, 5) is 36.3. The predicted octanol–water partition coefficient (Wildman–Crippen LogP) is 1.58. The first-order valence-corrected chi connectivity index (χ1v) is 10.4. The number of rotatable bonds is 6. The summed E-state index contributed by atoms with van der Waals surface area (Å²) in [5.41, 5.74) is 7.73. The molecular weight excluding hydrogens is 382 g/mol. The van der Waals surface area contributed by atoms with E-state index in [-0.39, 0.29) is 16.9 Å². The van der Waals surface area contributed by atoms with Crippen molar-refractivity contribution in [2.24, 2.45) is 11.1 Å². The van der Waals surface area contributed by atoms with Crippen LogP contribution in [0.5, 0.6) is 0 Å². The first-order chi connectivity index (χ1) is 14.5. The van der Waals surface area contributed by atoms with E-state index >= 15 is 0 Å². The Morgan fingerprint density at radius 2 is 2.07 bits per heavy atom. The Kier molecular flexibility index (Phi) is 5.74. The zero-order chi connectivity index (χ0) is 21.1. The first kappa shape index (κ1) is 20.4. The summed E-state index contributed by atoms with van der Waals surface area (Å²) in [6.07, 6.45) is 3.74. The molecule has 160 valence electrons. The second-order valence-corrected chi connectivity index (χ2v) is 8.36. The van der Waals surface area contributed by atoms with Gasteiger partial charge in [0, 0.05) is 43.5 Å². The molecule has 0 aliphatic carbocycles. The molecule has 2 amide bonds. The number of aryl methyl sites for hydroxylation is 1. The standard InChI is InChI=1S/C21H29N7O2/c1-15-5-2-3-6-16(15)24-20(30)26-19-23-11-17(18(29)25-19)28-10-7-21(14-28)12-27(13-21)9-4-8-22/h2-3,5-6,11H,4,7-10,12-14,22H2,1H3,(H3,23,24,25,26,29,30). The molecule has 1 spiro atoms. The predicted molar refractivity (Wildman–Crippen MR) is 118 cm³/mol. The summed E-state index contributed by atoms with van der Waals surface area (Å²) in [5.74, 6) is 0.125. The normalized spacial score (nSPS) is 17.7. The molecule has 2 aromatic rings. The Morgan fingerprint density at radius 1 is 1.27 bits per heavy atom. The first-order valence-electron chi connectivity index (χ1n) is 10.4. The van der Waals surface area contributed by atoms with Crippen LogP contribution in [-0.4, -0.2) is 60.2 Å². The van der Waals surface area contributed by atoms with Crippen molar-refractivity contribution in [2.45, 2.75) is 19.8 Å². The fourth-order valence-corrected chi connectivity index (χ4v) is 4.43. The van der Waals surface area contributed by atoms with Crippen LogP contribution in [-0.2, 0) is 0 Å². The molecule has 4 rings (SSSR count). The largest absolute Gasteiger partial charge is 0.365 e. The third-order valence-corrected chi connectivity index (χ3v) is 5.98. The number of aromatic amines is 1. The van der Waals surface area contributed by atoms with Crippen LogP contribution in [0.15, 0.2) is 35.3 Å². The average Bonchev–Trinajstić information content (AvgIpc) is 3.13. The van der Waals surface area contributed by atoms with Crippen LogP contribution in [0.4, 0.5) is 22.1 Å². The zero-order valence-electron chi connectivity index (χ0n) is 17.3. The molecule has 30 heavy (non-hydrogen) atoms. The number of anilines is 3. The van der Waals surface area contributed by atoms with Gasteiger partial charge in [-0.3, -0.25) is 10.1 Å². The highest BCUT2D eigenvalue weighted by Gasteiger charge is 2.47. The Morgan fingerprint density at radius 3 is 2.80 bits per heavy atom. The van der Waals surface area contributed by atoms with E-state index in [1.807, 2.05) is 31.2 Å². The Bertz CT molecular complexity index is 968. The maximum atomic E-state index is 12.6. The van der Waals surface area contributed by atoms with E-state index in [0.29, 0.717) is 11.4 Å². The summed E-state index contributed by atoms with van der Waals surface area (Å²) in [5, 5.41) is 5.35. The third-order valence-electron chi connectivity index (χ3n) is 5.98. The maximum absolute atomic E-state index is 12.6. The molecule has 2 fully saturated rings. The number of aromatic nitrogens is 2. The second-order valence-electron chi connectivity index (χ2n) is 8.36. The van der Waals surface area contributed by atoms with Gasteiger partial charge in [0.1, 0.15) is 5.69 Å². The molecule has 2 aliphatic heterocycles. The monoisotopic (exact) mass is 411 g/mol. The fraction of sp³-hybridized carbons (Fsp3) is 0.476. The van der Waals surface area contributed by atoms with Crippen molar-refractivity contribution in [2.75, 3.05) is 54.8 Å². The van der Waals surface area contributed by atoms with Crippen molar-refractivity contribution >= 4 is 23.4 Å². The molecule has 0 atom stereocenters. The quantitative estimate of drug-likeness (QED) is 0.573. The van der Waals surface area contributed by atoms with E-state index in [2.05, 4.69) is 30.4 Å². The minimum atomic E-state index is -0.452. The van der Waals surface area contributed by atoms with Gasteiger partial charge in [-0.25, -0.2) is 4.79 Å². The Hall–Kier alpha value is -2.91. The molecule has 1 aromatic carbocycles. The highest BCUT2D eigenvalue weighted by atomic mass is 16.2. The summed E-state index contributed by atoms with van der Waals surface area (Å²) < 4.78 is 0. The van der Waals surface area contributed by atoms with Crippen molar-refractivity contribution in [1.29, 1.82) is 0 Å². The van der Waals surface area contributed by atoms with E-state index < -0.39 is 6.03 Å². The Labute approximate surface area is 175 Å². The van der Waals surface area contributed by atoms with Crippen molar-refractivity contribution in [3.05, 3.63) is 46.4 Å². The van der Waals surface area contributed by atoms with Crippen LogP contribution in [0.2, 0.25) is 0 Å². The fourth-order valence-electron chi connectivity index (χ4n) is 4.43. The lowest BCUT2D eigenvalue weighted by atomic mass is 9.79. The molecule has 3 heterocycles. The number of nitrogens with zero attached hydrogens (tertiary/aromatic N) is 3. The van der Waals surface area contributed by atoms with E-state index in [4.69, 9.17) is 5.73 Å². The van der Waals surface area contributed by atoms with Crippen molar-refractivity contribution in [3.8, 4) is 0 Å². The number of amides is 2. The number of carbonyl (C=O) groups excluding carboxylic acids is 1. The van der Waals surface area contributed by atoms with Crippen molar-refractivity contribution < 1.29 is 4.79 Å². The molecule has 0 unspecified atom stereocenters. The van der Waals surface area contributed by atoms with Crippen LogP contribution in [0.1, 0.15) is 18.4 Å². The van der Waals surface area contributed by atoms with Crippen LogP contribution >= 0.6 is 0 Å². The molecule has 0 bridgehead atoms. The van der Waals surface area contributed by atoms with Crippen LogP contribution in [0.25, 0.3) is 0 Å². The van der Waals surface area contributed by atoms with Gasteiger partial charge in [-0.05, 0) is 44.5 Å². The highest BCUT2D eigenvalue weighted by Crippen LogP contribution is 2.40. The maximum Gasteiger partial charge on any atom is 0.326 e.